The van der Waals surface area contributed by atoms with Crippen LogP contribution in [0, 0.1) is 0 Å². The third-order valence-corrected chi connectivity index (χ3v) is 12.9. The molecule has 0 saturated carbocycles. The molecule has 1 unspecified atom stereocenters. The highest BCUT2D eigenvalue weighted by Gasteiger charge is 2.19. The molecule has 0 aliphatic rings. The Morgan fingerprint density at radius 2 is 0.549 bits per heavy atom. The second kappa shape index (κ2) is 59.2. The Balaban J connectivity index is 4.11. The molecule has 0 aromatic heterocycles. The Morgan fingerprint density at radius 1 is 0.296 bits per heavy atom. The van der Waals surface area contributed by atoms with E-state index in [0.717, 1.165) is 96.3 Å². The molecule has 0 aliphatic carbocycles. The van der Waals surface area contributed by atoms with Crippen LogP contribution in [0.15, 0.2) is 85.1 Å². The molecule has 0 aromatic carbocycles. The average molecular weight is 990 g/mol. The monoisotopic (exact) mass is 989 g/mol. The van der Waals surface area contributed by atoms with Crippen LogP contribution < -0.4 is 0 Å². The van der Waals surface area contributed by atoms with Crippen LogP contribution in [0.25, 0.3) is 0 Å². The predicted molar refractivity (Wildman–Crippen MR) is 307 cm³/mol. The molecule has 0 spiro atoms. The number of hydrogen-bond donors (Lipinski definition) is 0. The minimum Gasteiger partial charge on any atom is -0.462 e. The van der Waals surface area contributed by atoms with Crippen molar-refractivity contribution in [1.29, 1.82) is 0 Å². The number of esters is 3. The number of allylic oxidation sites excluding steroid dienone is 14. The lowest BCUT2D eigenvalue weighted by Crippen LogP contribution is -2.30. The van der Waals surface area contributed by atoms with Gasteiger partial charge in [-0.1, -0.05) is 260 Å². The van der Waals surface area contributed by atoms with Gasteiger partial charge in [0.2, 0.25) is 0 Å². The van der Waals surface area contributed by atoms with Crippen molar-refractivity contribution < 1.29 is 28.6 Å². The summed E-state index contributed by atoms with van der Waals surface area (Å²) in [5, 5.41) is 0. The molecule has 0 N–H and O–H groups in total. The van der Waals surface area contributed by atoms with Gasteiger partial charge in [0, 0.05) is 19.3 Å². The van der Waals surface area contributed by atoms with Gasteiger partial charge in [-0.2, -0.15) is 0 Å². The first-order valence-corrected chi connectivity index (χ1v) is 30.1. The summed E-state index contributed by atoms with van der Waals surface area (Å²) in [7, 11) is 0. The molecule has 0 amide bonds. The van der Waals surface area contributed by atoms with Gasteiger partial charge in [-0.15, -0.1) is 0 Å². The van der Waals surface area contributed by atoms with Crippen molar-refractivity contribution in [1.82, 2.24) is 0 Å². The van der Waals surface area contributed by atoms with Gasteiger partial charge in [-0.3, -0.25) is 14.4 Å². The van der Waals surface area contributed by atoms with Crippen molar-refractivity contribution in [2.24, 2.45) is 0 Å². The van der Waals surface area contributed by atoms with Crippen molar-refractivity contribution in [2.75, 3.05) is 13.2 Å². The smallest absolute Gasteiger partial charge is 0.306 e. The molecule has 71 heavy (non-hydrogen) atoms. The van der Waals surface area contributed by atoms with Gasteiger partial charge >= 0.3 is 17.9 Å². The van der Waals surface area contributed by atoms with E-state index in [0.29, 0.717) is 19.3 Å². The Hall–Kier alpha value is -3.41. The highest BCUT2D eigenvalue weighted by atomic mass is 16.6. The summed E-state index contributed by atoms with van der Waals surface area (Å²) in [5.41, 5.74) is 0. The summed E-state index contributed by atoms with van der Waals surface area (Å²) in [6.45, 7) is 6.47. The standard InChI is InChI=1S/C65H112O6/c1-4-7-10-13-16-18-20-22-24-26-28-29-30-31-32-33-34-35-36-37-38-40-41-43-45-47-49-52-55-58-64(67)70-61-62(60-69-63(66)57-54-51-15-12-9-6-3)71-65(68)59-56-53-50-48-46-44-42-39-27-25-23-21-19-17-14-11-8-5-2/h7,10,16,18,22,24-25,27-29,31-32,34-35,62H,4-6,8-9,11-15,17,19-21,23,26,30,33,36-61H2,1-3H3/b10-7-,18-16-,24-22-,27-25-,29-28-,32-31-,35-34-. The summed E-state index contributed by atoms with van der Waals surface area (Å²) in [6, 6.07) is 0. The second-order valence-electron chi connectivity index (χ2n) is 19.9. The van der Waals surface area contributed by atoms with E-state index >= 15 is 0 Å². The minimum atomic E-state index is -0.777. The van der Waals surface area contributed by atoms with E-state index in [4.69, 9.17) is 14.2 Å². The van der Waals surface area contributed by atoms with Crippen molar-refractivity contribution in [2.45, 2.75) is 297 Å². The van der Waals surface area contributed by atoms with Gasteiger partial charge in [0.15, 0.2) is 6.10 Å². The third kappa shape index (κ3) is 57.4. The molecule has 6 nitrogen and oxygen atoms in total. The minimum absolute atomic E-state index is 0.0779. The Bertz CT molecular complexity index is 1370. The molecule has 0 saturated heterocycles. The zero-order chi connectivity index (χ0) is 51.4. The fraction of sp³-hybridized carbons (Fsp3) is 0.738. The van der Waals surface area contributed by atoms with Gasteiger partial charge in [0.1, 0.15) is 13.2 Å². The van der Waals surface area contributed by atoms with E-state index in [1.165, 1.54) is 154 Å². The normalized spacial score (nSPS) is 12.7. The summed E-state index contributed by atoms with van der Waals surface area (Å²) >= 11 is 0. The van der Waals surface area contributed by atoms with E-state index in [-0.39, 0.29) is 31.1 Å². The maximum absolute atomic E-state index is 12.8. The first-order valence-electron chi connectivity index (χ1n) is 30.1. The van der Waals surface area contributed by atoms with Crippen LogP contribution in [0.5, 0.6) is 0 Å². The maximum Gasteiger partial charge on any atom is 0.306 e. The van der Waals surface area contributed by atoms with E-state index in [9.17, 15) is 14.4 Å². The molecule has 0 aromatic rings. The van der Waals surface area contributed by atoms with Crippen LogP contribution in [0.3, 0.4) is 0 Å². The molecular weight excluding hydrogens is 877 g/mol. The average Bonchev–Trinajstić information content (AvgIpc) is 3.37. The highest BCUT2D eigenvalue weighted by Crippen LogP contribution is 2.15. The molecular formula is C65H112O6. The number of ether oxygens (including phenoxy) is 3. The number of carbonyl (C=O) groups is 3. The topological polar surface area (TPSA) is 78.9 Å². The first-order chi connectivity index (χ1) is 35.0. The number of carbonyl (C=O) groups excluding carboxylic acids is 3. The molecule has 6 heteroatoms. The zero-order valence-electron chi connectivity index (χ0n) is 46.7. The fourth-order valence-electron chi connectivity index (χ4n) is 8.38. The Labute approximate surface area is 439 Å². The second-order valence-corrected chi connectivity index (χ2v) is 19.9. The zero-order valence-corrected chi connectivity index (χ0v) is 46.7. The SMILES string of the molecule is CC/C=C\C/C=C\C/C=C\C/C=C\C/C=C\C/C=C\CCCCCCCCCCCCC(=O)OCC(COC(=O)CCCCCCCC)OC(=O)CCCCCCCCC/C=C\CCCCCCCCC. The summed E-state index contributed by atoms with van der Waals surface area (Å²) in [5.74, 6) is -0.889. The molecule has 1 atom stereocenters. The maximum atomic E-state index is 12.8. The van der Waals surface area contributed by atoms with Crippen LogP contribution in [-0.4, -0.2) is 37.2 Å². The van der Waals surface area contributed by atoms with E-state index < -0.39 is 6.10 Å². The third-order valence-electron chi connectivity index (χ3n) is 12.9. The van der Waals surface area contributed by atoms with Gasteiger partial charge in [0.25, 0.3) is 0 Å². The van der Waals surface area contributed by atoms with Crippen LogP contribution >= 0.6 is 0 Å². The molecule has 0 radical (unpaired) electrons. The van der Waals surface area contributed by atoms with E-state index in [2.05, 4.69) is 106 Å². The van der Waals surface area contributed by atoms with Gasteiger partial charge in [-0.25, -0.2) is 0 Å². The summed E-state index contributed by atoms with van der Waals surface area (Å²) < 4.78 is 16.8. The molecule has 0 aliphatic heterocycles. The van der Waals surface area contributed by atoms with E-state index in [1.807, 2.05) is 0 Å². The molecule has 0 bridgehead atoms. The lowest BCUT2D eigenvalue weighted by atomic mass is 10.1. The van der Waals surface area contributed by atoms with Crippen LogP contribution in [0.4, 0.5) is 0 Å². The van der Waals surface area contributed by atoms with Gasteiger partial charge < -0.3 is 14.2 Å². The number of rotatable bonds is 54. The molecule has 0 heterocycles. The van der Waals surface area contributed by atoms with Gasteiger partial charge in [0.05, 0.1) is 0 Å². The van der Waals surface area contributed by atoms with E-state index in [1.54, 1.807) is 0 Å². The predicted octanol–water partition coefficient (Wildman–Crippen LogP) is 20.3. The molecule has 0 fully saturated rings. The van der Waals surface area contributed by atoms with Crippen molar-refractivity contribution in [3.05, 3.63) is 85.1 Å². The van der Waals surface area contributed by atoms with Crippen LogP contribution in [0.1, 0.15) is 290 Å². The van der Waals surface area contributed by atoms with Crippen molar-refractivity contribution in [3.63, 3.8) is 0 Å². The lowest BCUT2D eigenvalue weighted by Gasteiger charge is -2.18. The molecule has 0 rings (SSSR count). The largest absolute Gasteiger partial charge is 0.462 e. The van der Waals surface area contributed by atoms with Gasteiger partial charge in [-0.05, 0) is 96.3 Å². The highest BCUT2D eigenvalue weighted by molar-refractivity contribution is 5.71. The molecule has 408 valence electrons. The fourth-order valence-corrected chi connectivity index (χ4v) is 8.38. The van der Waals surface area contributed by atoms with Crippen molar-refractivity contribution in [3.8, 4) is 0 Å². The Kier molecular flexibility index (Phi) is 56.3. The Morgan fingerprint density at radius 3 is 0.873 bits per heavy atom. The van der Waals surface area contributed by atoms with Crippen LogP contribution in [-0.2, 0) is 28.6 Å². The number of unbranched alkanes of at least 4 members (excludes halogenated alkanes) is 29. The first kappa shape index (κ1) is 67.6. The van der Waals surface area contributed by atoms with Crippen LogP contribution in [0.2, 0.25) is 0 Å². The quantitative estimate of drug-likeness (QED) is 0.0261. The lowest BCUT2D eigenvalue weighted by molar-refractivity contribution is -0.167. The number of hydrogen-bond acceptors (Lipinski definition) is 6. The van der Waals surface area contributed by atoms with Crippen molar-refractivity contribution >= 4 is 17.9 Å². The summed E-state index contributed by atoms with van der Waals surface area (Å²) in [4.78, 5) is 37.9. The summed E-state index contributed by atoms with van der Waals surface area (Å²) in [6.07, 6.45) is 77.6.